The van der Waals surface area contributed by atoms with Crippen LogP contribution in [0.5, 0.6) is 5.75 Å². The lowest BCUT2D eigenvalue weighted by atomic mass is 10.1. The number of urea groups is 1. The number of carbonyl (C=O) groups is 2. The molecule has 0 aliphatic carbocycles. The maximum absolute atomic E-state index is 12.8. The zero-order valence-corrected chi connectivity index (χ0v) is 18.2. The van der Waals surface area contributed by atoms with Crippen LogP contribution in [-0.4, -0.2) is 57.2 Å². The van der Waals surface area contributed by atoms with E-state index in [0.29, 0.717) is 22.1 Å². The average molecular weight is 456 g/mol. The predicted molar refractivity (Wildman–Crippen MR) is 118 cm³/mol. The number of tetrazole rings is 1. The van der Waals surface area contributed by atoms with E-state index in [1.807, 2.05) is 24.3 Å². The van der Waals surface area contributed by atoms with Crippen molar-refractivity contribution in [3.8, 4) is 11.4 Å². The first-order valence-electron chi connectivity index (χ1n) is 10.1. The topological polar surface area (TPSA) is 114 Å². The number of anilines is 1. The number of benzene rings is 2. The number of rotatable bonds is 6. The van der Waals surface area contributed by atoms with Gasteiger partial charge in [0.1, 0.15) is 12.1 Å². The predicted octanol–water partition coefficient (Wildman–Crippen LogP) is 2.88. The number of ether oxygens (including phenoxy) is 1. The Bertz CT molecular complexity index is 1110. The number of amides is 3. The van der Waals surface area contributed by atoms with Crippen molar-refractivity contribution in [1.82, 2.24) is 30.4 Å². The van der Waals surface area contributed by atoms with Crippen LogP contribution in [0.15, 0.2) is 42.7 Å². The van der Waals surface area contributed by atoms with Crippen molar-refractivity contribution in [3.05, 3.63) is 58.9 Å². The van der Waals surface area contributed by atoms with Gasteiger partial charge in [-0.05, 0) is 47.0 Å². The summed E-state index contributed by atoms with van der Waals surface area (Å²) in [5, 5.41) is 17.1. The summed E-state index contributed by atoms with van der Waals surface area (Å²) < 4.78 is 6.75. The molecule has 3 amide bonds. The third kappa shape index (κ3) is 4.80. The Morgan fingerprint density at radius 3 is 2.72 bits per heavy atom. The number of nitrogens with one attached hydrogen (secondary N) is 2. The fourth-order valence-electron chi connectivity index (χ4n) is 3.50. The van der Waals surface area contributed by atoms with Crippen molar-refractivity contribution < 1.29 is 14.3 Å². The molecule has 1 aromatic heterocycles. The molecule has 1 aliphatic heterocycles. The molecule has 166 valence electrons. The van der Waals surface area contributed by atoms with Crippen LogP contribution < -0.4 is 15.4 Å². The molecule has 1 fully saturated rings. The van der Waals surface area contributed by atoms with Crippen LogP contribution in [-0.2, 0) is 6.54 Å². The van der Waals surface area contributed by atoms with Crippen LogP contribution >= 0.6 is 11.6 Å². The monoisotopic (exact) mass is 455 g/mol. The first-order valence-corrected chi connectivity index (χ1v) is 10.5. The third-order valence-electron chi connectivity index (χ3n) is 5.13. The van der Waals surface area contributed by atoms with Crippen LogP contribution in [0.1, 0.15) is 28.8 Å². The van der Waals surface area contributed by atoms with Gasteiger partial charge < -0.3 is 20.3 Å². The van der Waals surface area contributed by atoms with E-state index in [1.54, 1.807) is 11.0 Å². The second-order valence-corrected chi connectivity index (χ2v) is 7.67. The number of halogens is 1. The summed E-state index contributed by atoms with van der Waals surface area (Å²) in [6, 6.07) is 10.4. The molecular weight excluding hydrogens is 434 g/mol. The molecule has 2 N–H and O–H groups in total. The Morgan fingerprint density at radius 1 is 1.19 bits per heavy atom. The van der Waals surface area contributed by atoms with Crippen molar-refractivity contribution in [2.45, 2.75) is 19.4 Å². The summed E-state index contributed by atoms with van der Waals surface area (Å²) in [6.07, 6.45) is 3.46. The van der Waals surface area contributed by atoms with E-state index in [1.165, 1.54) is 24.2 Å². The van der Waals surface area contributed by atoms with E-state index in [4.69, 9.17) is 16.3 Å². The van der Waals surface area contributed by atoms with Crippen LogP contribution in [0.3, 0.4) is 0 Å². The number of aromatic nitrogens is 4. The van der Waals surface area contributed by atoms with Crippen LogP contribution in [0.25, 0.3) is 5.69 Å². The Kier molecular flexibility index (Phi) is 6.50. The van der Waals surface area contributed by atoms with Gasteiger partial charge in [0.15, 0.2) is 0 Å². The first kappa shape index (κ1) is 21.6. The third-order valence-corrected chi connectivity index (χ3v) is 5.44. The van der Waals surface area contributed by atoms with Gasteiger partial charge in [-0.1, -0.05) is 23.7 Å². The quantitative estimate of drug-likeness (QED) is 0.590. The molecule has 2 aromatic carbocycles. The van der Waals surface area contributed by atoms with Crippen molar-refractivity contribution in [1.29, 1.82) is 0 Å². The van der Waals surface area contributed by atoms with E-state index in [2.05, 4.69) is 26.2 Å². The summed E-state index contributed by atoms with van der Waals surface area (Å²) in [6.45, 7) is 1.82. The number of nitrogens with zero attached hydrogens (tertiary/aromatic N) is 5. The standard InChI is InChI=1S/C21H22ClN7O3/c1-32-19-11-18(29-13-24-26-27-29)17(22)10-16(19)20(30)23-12-14-5-4-6-15(9-14)25-21(31)28-7-2-3-8-28/h4-6,9-11,13H,2-3,7-8,12H2,1H3,(H,23,30)(H,25,31). The first-order chi connectivity index (χ1) is 15.5. The SMILES string of the molecule is COc1cc(-n2cnnn2)c(Cl)cc1C(=O)NCc1cccc(NC(=O)N2CCCC2)c1. The van der Waals surface area contributed by atoms with Gasteiger partial charge in [0.2, 0.25) is 0 Å². The lowest BCUT2D eigenvalue weighted by molar-refractivity contribution is 0.0948. The van der Waals surface area contributed by atoms with Gasteiger partial charge in [0.25, 0.3) is 5.91 Å². The van der Waals surface area contributed by atoms with E-state index < -0.39 is 0 Å². The molecule has 1 saturated heterocycles. The summed E-state index contributed by atoms with van der Waals surface area (Å²) in [5.74, 6) is -0.0115. The Balaban J connectivity index is 1.43. The van der Waals surface area contributed by atoms with Crippen LogP contribution in [0, 0.1) is 0 Å². The van der Waals surface area contributed by atoms with Gasteiger partial charge in [0.05, 0.1) is 23.4 Å². The van der Waals surface area contributed by atoms with Crippen LogP contribution in [0.2, 0.25) is 5.02 Å². The maximum Gasteiger partial charge on any atom is 0.321 e. The number of hydrogen-bond acceptors (Lipinski definition) is 6. The molecule has 4 rings (SSSR count). The van der Waals surface area contributed by atoms with Gasteiger partial charge in [0, 0.05) is 31.4 Å². The van der Waals surface area contributed by atoms with Gasteiger partial charge in [-0.2, -0.15) is 4.68 Å². The van der Waals surface area contributed by atoms with E-state index in [0.717, 1.165) is 31.5 Å². The molecular formula is C21H22ClN7O3. The van der Waals surface area contributed by atoms with Gasteiger partial charge >= 0.3 is 6.03 Å². The zero-order chi connectivity index (χ0) is 22.5. The van der Waals surface area contributed by atoms with E-state index in [-0.39, 0.29) is 24.0 Å². The van der Waals surface area contributed by atoms with Crippen molar-refractivity contribution >= 4 is 29.2 Å². The number of carbonyl (C=O) groups excluding carboxylic acids is 2. The molecule has 11 heteroatoms. The molecule has 0 spiro atoms. The lowest BCUT2D eigenvalue weighted by Crippen LogP contribution is -2.32. The fourth-order valence-corrected chi connectivity index (χ4v) is 3.75. The normalized spacial score (nSPS) is 13.1. The summed E-state index contributed by atoms with van der Waals surface area (Å²) in [5.41, 5.74) is 2.30. The minimum Gasteiger partial charge on any atom is -0.496 e. The smallest absolute Gasteiger partial charge is 0.321 e. The summed E-state index contributed by atoms with van der Waals surface area (Å²) in [4.78, 5) is 26.9. The van der Waals surface area contributed by atoms with Crippen molar-refractivity contribution in [2.24, 2.45) is 0 Å². The minimum atomic E-state index is -0.349. The molecule has 3 aromatic rings. The fraction of sp³-hybridized carbons (Fsp3) is 0.286. The highest BCUT2D eigenvalue weighted by molar-refractivity contribution is 6.33. The van der Waals surface area contributed by atoms with E-state index in [9.17, 15) is 9.59 Å². The van der Waals surface area contributed by atoms with Crippen LogP contribution in [0.4, 0.5) is 10.5 Å². The highest BCUT2D eigenvalue weighted by Crippen LogP contribution is 2.29. The van der Waals surface area contributed by atoms with Crippen molar-refractivity contribution in [3.63, 3.8) is 0 Å². The van der Waals surface area contributed by atoms with Gasteiger partial charge in [-0.15, -0.1) is 5.10 Å². The van der Waals surface area contributed by atoms with Gasteiger partial charge in [-0.25, -0.2) is 4.79 Å². The Hall–Kier alpha value is -3.66. The van der Waals surface area contributed by atoms with Crippen molar-refractivity contribution in [2.75, 3.05) is 25.5 Å². The molecule has 0 saturated carbocycles. The van der Waals surface area contributed by atoms with Gasteiger partial charge in [-0.3, -0.25) is 4.79 Å². The largest absolute Gasteiger partial charge is 0.496 e. The molecule has 2 heterocycles. The lowest BCUT2D eigenvalue weighted by Gasteiger charge is -2.16. The molecule has 0 radical (unpaired) electrons. The average Bonchev–Trinajstić information content (AvgIpc) is 3.52. The number of hydrogen-bond donors (Lipinski definition) is 2. The number of likely N-dealkylation sites (tertiary alicyclic amines) is 1. The zero-order valence-electron chi connectivity index (χ0n) is 17.4. The minimum absolute atomic E-state index is 0.106. The Morgan fingerprint density at radius 2 is 2.00 bits per heavy atom. The molecule has 10 nitrogen and oxygen atoms in total. The van der Waals surface area contributed by atoms with E-state index >= 15 is 0 Å². The number of methoxy groups -OCH3 is 1. The second kappa shape index (κ2) is 9.65. The Labute approximate surface area is 189 Å². The molecule has 32 heavy (non-hydrogen) atoms. The molecule has 0 unspecified atom stereocenters. The second-order valence-electron chi connectivity index (χ2n) is 7.27. The maximum atomic E-state index is 12.8. The molecule has 0 atom stereocenters. The highest BCUT2D eigenvalue weighted by Gasteiger charge is 2.19. The summed E-state index contributed by atoms with van der Waals surface area (Å²) in [7, 11) is 1.47. The molecule has 1 aliphatic rings. The summed E-state index contributed by atoms with van der Waals surface area (Å²) >= 11 is 6.34. The molecule has 0 bridgehead atoms. The highest BCUT2D eigenvalue weighted by atomic mass is 35.5.